The summed E-state index contributed by atoms with van der Waals surface area (Å²) in [6.45, 7) is 2.56. The van der Waals surface area contributed by atoms with Crippen molar-refractivity contribution in [2.45, 2.75) is 39.2 Å². The number of ether oxygens (including phenoxy) is 1. The van der Waals surface area contributed by atoms with Gasteiger partial charge in [-0.2, -0.15) is 10.5 Å². The van der Waals surface area contributed by atoms with Crippen molar-refractivity contribution < 1.29 is 14.3 Å². The third-order valence-corrected chi connectivity index (χ3v) is 8.01. The number of aryl methyl sites for hydroxylation is 1. The van der Waals surface area contributed by atoms with Crippen LogP contribution in [0.2, 0.25) is 0 Å². The Balaban J connectivity index is 1.46. The summed E-state index contributed by atoms with van der Waals surface area (Å²) in [6, 6.07) is 19.4. The molecular formula is C31H26N4O3S. The van der Waals surface area contributed by atoms with Crippen LogP contribution in [0.5, 0.6) is 0 Å². The number of fused-ring (bicyclic) bond motifs is 2. The third-order valence-electron chi connectivity index (χ3n) is 6.80. The molecule has 0 radical (unpaired) electrons. The number of nitriles is 2. The normalized spacial score (nSPS) is 12.8. The van der Waals surface area contributed by atoms with E-state index in [4.69, 9.17) is 10.00 Å². The Morgan fingerprint density at radius 2 is 1.87 bits per heavy atom. The van der Waals surface area contributed by atoms with Gasteiger partial charge in [-0.1, -0.05) is 30.3 Å². The number of esters is 1. The van der Waals surface area contributed by atoms with Crippen LogP contribution in [0, 0.1) is 22.7 Å². The van der Waals surface area contributed by atoms with Gasteiger partial charge in [0, 0.05) is 34.1 Å². The van der Waals surface area contributed by atoms with Crippen LogP contribution < -0.4 is 5.32 Å². The summed E-state index contributed by atoms with van der Waals surface area (Å²) < 4.78 is 7.35. The lowest BCUT2D eigenvalue weighted by atomic mass is 9.95. The van der Waals surface area contributed by atoms with E-state index in [0.717, 1.165) is 58.2 Å². The number of hydrogen-bond acceptors (Lipinski definition) is 6. The molecule has 0 atom stereocenters. The fraction of sp³-hybridized carbons (Fsp3) is 0.226. The number of thiophene rings is 1. The van der Waals surface area contributed by atoms with Crippen LogP contribution in [0.15, 0.2) is 60.3 Å². The van der Waals surface area contributed by atoms with Crippen molar-refractivity contribution in [3.63, 3.8) is 0 Å². The first-order valence-electron chi connectivity index (χ1n) is 12.8. The molecule has 0 spiro atoms. The largest absolute Gasteiger partial charge is 0.462 e. The number of nitrogens with one attached hydrogen (secondary N) is 1. The summed E-state index contributed by atoms with van der Waals surface area (Å²) in [6.07, 6.45) is 7.17. The molecule has 1 N–H and O–H groups in total. The van der Waals surface area contributed by atoms with Crippen molar-refractivity contribution in [1.29, 1.82) is 10.5 Å². The zero-order valence-electron chi connectivity index (χ0n) is 21.5. The third kappa shape index (κ3) is 5.34. The Kier molecular flexibility index (Phi) is 7.58. The van der Waals surface area contributed by atoms with Crippen LogP contribution in [-0.4, -0.2) is 23.1 Å². The van der Waals surface area contributed by atoms with Gasteiger partial charge in [0.15, 0.2) is 0 Å². The molecule has 0 bridgehead atoms. The fourth-order valence-electron chi connectivity index (χ4n) is 4.95. The maximum Gasteiger partial charge on any atom is 0.341 e. The molecular weight excluding hydrogens is 508 g/mol. The zero-order valence-corrected chi connectivity index (χ0v) is 22.3. The van der Waals surface area contributed by atoms with Gasteiger partial charge >= 0.3 is 5.97 Å². The van der Waals surface area contributed by atoms with Crippen molar-refractivity contribution in [2.75, 3.05) is 11.9 Å². The van der Waals surface area contributed by atoms with E-state index in [1.54, 1.807) is 25.1 Å². The number of carbonyl (C=O) groups excluding carboxylic acids is 2. The van der Waals surface area contributed by atoms with Crippen molar-refractivity contribution in [3.8, 4) is 12.1 Å². The number of benzene rings is 2. The lowest BCUT2D eigenvalue weighted by Crippen LogP contribution is -2.16. The average Bonchev–Trinajstić information content (AvgIpc) is 3.49. The Morgan fingerprint density at radius 1 is 1.10 bits per heavy atom. The molecule has 4 aromatic rings. The number of amides is 1. The van der Waals surface area contributed by atoms with Crippen molar-refractivity contribution in [1.82, 2.24) is 4.57 Å². The van der Waals surface area contributed by atoms with E-state index in [2.05, 4.69) is 16.0 Å². The number of hydrogen-bond donors (Lipinski definition) is 1. The SMILES string of the molecule is CCOC(=O)c1c(NC(=O)/C(C#N)=C/c2cn(Cc3ccc(C#N)cc3)c3ccccc23)sc2c1CCCC2. The summed E-state index contributed by atoms with van der Waals surface area (Å²) in [5.74, 6) is -1.01. The van der Waals surface area contributed by atoms with Gasteiger partial charge in [0.1, 0.15) is 16.6 Å². The molecule has 1 amide bonds. The smallest absolute Gasteiger partial charge is 0.341 e. The number of aromatic nitrogens is 1. The number of rotatable bonds is 7. The molecule has 2 aromatic carbocycles. The Labute approximate surface area is 230 Å². The number of carbonyl (C=O) groups is 2. The summed E-state index contributed by atoms with van der Waals surface area (Å²) in [7, 11) is 0. The highest BCUT2D eigenvalue weighted by atomic mass is 32.1. The number of anilines is 1. The molecule has 0 saturated heterocycles. The molecule has 0 aliphatic heterocycles. The van der Waals surface area contributed by atoms with Gasteiger partial charge in [0.25, 0.3) is 5.91 Å². The Morgan fingerprint density at radius 3 is 2.62 bits per heavy atom. The minimum Gasteiger partial charge on any atom is -0.462 e. The Hall–Kier alpha value is -4.66. The zero-order chi connectivity index (χ0) is 27.4. The van der Waals surface area contributed by atoms with Crippen LogP contribution in [0.25, 0.3) is 17.0 Å². The van der Waals surface area contributed by atoms with Gasteiger partial charge in [0.05, 0.1) is 23.8 Å². The van der Waals surface area contributed by atoms with Crippen LogP contribution >= 0.6 is 11.3 Å². The van der Waals surface area contributed by atoms with Gasteiger partial charge in [-0.3, -0.25) is 4.79 Å². The van der Waals surface area contributed by atoms with Crippen molar-refractivity contribution >= 4 is 45.2 Å². The lowest BCUT2D eigenvalue weighted by Gasteiger charge is -2.12. The highest BCUT2D eigenvalue weighted by Crippen LogP contribution is 2.39. The second-order valence-electron chi connectivity index (χ2n) is 9.30. The monoisotopic (exact) mass is 534 g/mol. The van der Waals surface area contributed by atoms with Gasteiger partial charge in [-0.05, 0) is 68.0 Å². The fourth-order valence-corrected chi connectivity index (χ4v) is 6.22. The standard InChI is InChI=1S/C31H26N4O3S/c1-2-38-31(37)28-25-8-4-6-10-27(25)39-30(28)34-29(36)22(17-33)15-23-19-35(26-9-5-3-7-24(23)26)18-21-13-11-20(16-32)12-14-21/h3,5,7,9,11-15,19H,2,4,6,8,10,18H2,1H3,(H,34,36)/b22-15+. The Bertz CT molecular complexity index is 1680. The summed E-state index contributed by atoms with van der Waals surface area (Å²) in [4.78, 5) is 27.2. The molecule has 0 unspecified atom stereocenters. The highest BCUT2D eigenvalue weighted by Gasteiger charge is 2.28. The molecule has 1 aliphatic rings. The quantitative estimate of drug-likeness (QED) is 0.172. The van der Waals surface area contributed by atoms with E-state index >= 15 is 0 Å². The van der Waals surface area contributed by atoms with Crippen LogP contribution in [0.3, 0.4) is 0 Å². The molecule has 194 valence electrons. The molecule has 7 nitrogen and oxygen atoms in total. The first-order chi connectivity index (χ1) is 19.0. The number of nitrogens with zero attached hydrogens (tertiary/aromatic N) is 3. The van der Waals surface area contributed by atoms with Gasteiger partial charge in [0.2, 0.25) is 0 Å². The van der Waals surface area contributed by atoms with Crippen LogP contribution in [0.1, 0.15) is 57.3 Å². The molecule has 39 heavy (non-hydrogen) atoms. The maximum absolute atomic E-state index is 13.3. The van der Waals surface area contributed by atoms with Crippen LogP contribution in [0.4, 0.5) is 5.00 Å². The molecule has 5 rings (SSSR count). The average molecular weight is 535 g/mol. The van der Waals surface area contributed by atoms with Crippen molar-refractivity contribution in [2.24, 2.45) is 0 Å². The minimum atomic E-state index is -0.564. The molecule has 1 aliphatic carbocycles. The summed E-state index contributed by atoms with van der Waals surface area (Å²) >= 11 is 1.40. The molecule has 0 fully saturated rings. The molecule has 2 heterocycles. The van der Waals surface area contributed by atoms with Crippen molar-refractivity contribution in [3.05, 3.63) is 93.0 Å². The van der Waals surface area contributed by atoms with Gasteiger partial charge in [-0.25, -0.2) is 4.79 Å². The summed E-state index contributed by atoms with van der Waals surface area (Å²) in [5.41, 5.74) is 4.63. The minimum absolute atomic E-state index is 0.0579. The van der Waals surface area contributed by atoms with E-state index in [1.165, 1.54) is 11.3 Å². The van der Waals surface area contributed by atoms with E-state index in [1.807, 2.05) is 48.7 Å². The second kappa shape index (κ2) is 11.4. The van der Waals surface area contributed by atoms with E-state index in [-0.39, 0.29) is 12.2 Å². The van der Waals surface area contributed by atoms with Crippen LogP contribution in [-0.2, 0) is 28.9 Å². The molecule has 8 heteroatoms. The predicted molar refractivity (Wildman–Crippen MR) is 151 cm³/mol. The summed E-state index contributed by atoms with van der Waals surface area (Å²) in [5, 5.41) is 23.2. The van der Waals surface area contributed by atoms with E-state index in [0.29, 0.717) is 22.7 Å². The second-order valence-corrected chi connectivity index (χ2v) is 10.4. The molecule has 0 saturated carbocycles. The topological polar surface area (TPSA) is 108 Å². The first kappa shape index (κ1) is 26.0. The first-order valence-corrected chi connectivity index (χ1v) is 13.7. The maximum atomic E-state index is 13.3. The van der Waals surface area contributed by atoms with Gasteiger partial charge in [-0.15, -0.1) is 11.3 Å². The van der Waals surface area contributed by atoms with E-state index in [9.17, 15) is 14.9 Å². The highest BCUT2D eigenvalue weighted by molar-refractivity contribution is 7.17. The molecule has 2 aromatic heterocycles. The van der Waals surface area contributed by atoms with E-state index < -0.39 is 11.9 Å². The van der Waals surface area contributed by atoms with Gasteiger partial charge < -0.3 is 14.6 Å². The lowest BCUT2D eigenvalue weighted by molar-refractivity contribution is -0.112. The predicted octanol–water partition coefficient (Wildman–Crippen LogP) is 6.22. The number of para-hydroxylation sites is 1.